The molecule has 0 saturated heterocycles. The summed E-state index contributed by atoms with van der Waals surface area (Å²) in [5, 5.41) is 3.48. The Labute approximate surface area is 103 Å². The molecule has 0 radical (unpaired) electrons. The maximum Gasteiger partial charge on any atom is 0.122 e. The molecule has 0 aliphatic carbocycles. The average Bonchev–Trinajstić information content (AvgIpc) is 2.39. The summed E-state index contributed by atoms with van der Waals surface area (Å²) in [5.74, 6) is 4.29. The van der Waals surface area contributed by atoms with Crippen molar-refractivity contribution in [1.29, 1.82) is 0 Å². The van der Waals surface area contributed by atoms with Crippen LogP contribution >= 0.6 is 0 Å². The molecular weight excluding hydrogens is 210 g/mol. The van der Waals surface area contributed by atoms with Gasteiger partial charge in [-0.15, -0.1) is 12.3 Å². The molecule has 2 nitrogen and oxygen atoms in total. The Kier molecular flexibility index (Phi) is 4.46. The number of terminal acetylenes is 1. The van der Waals surface area contributed by atoms with Crippen LogP contribution in [0.25, 0.3) is 0 Å². The fourth-order valence-electron chi connectivity index (χ4n) is 2.22. The standard InChI is InChI=1S/C15H19NO/c1-2-3-6-10-16-12-13-9-11-17-15-8-5-4-7-14(13)15/h1,4-5,7-8,13,16H,3,6,9-12H2. The molecule has 1 unspecified atom stereocenters. The van der Waals surface area contributed by atoms with Gasteiger partial charge in [0.15, 0.2) is 0 Å². The van der Waals surface area contributed by atoms with Gasteiger partial charge >= 0.3 is 0 Å². The number of fused-ring (bicyclic) bond motifs is 1. The monoisotopic (exact) mass is 229 g/mol. The molecule has 1 aromatic rings. The SMILES string of the molecule is C#CCCCNCC1CCOc2ccccc21. The predicted octanol–water partition coefficient (Wildman–Crippen LogP) is 2.56. The first-order chi connectivity index (χ1) is 8.42. The zero-order chi connectivity index (χ0) is 11.9. The van der Waals surface area contributed by atoms with E-state index in [0.717, 1.165) is 44.7 Å². The van der Waals surface area contributed by atoms with Gasteiger partial charge in [0.2, 0.25) is 0 Å². The van der Waals surface area contributed by atoms with Crippen LogP contribution in [-0.4, -0.2) is 19.7 Å². The highest BCUT2D eigenvalue weighted by molar-refractivity contribution is 5.37. The molecule has 0 spiro atoms. The van der Waals surface area contributed by atoms with E-state index in [-0.39, 0.29) is 0 Å². The zero-order valence-electron chi connectivity index (χ0n) is 10.1. The van der Waals surface area contributed by atoms with Crippen molar-refractivity contribution in [2.24, 2.45) is 0 Å². The molecule has 1 aliphatic heterocycles. The van der Waals surface area contributed by atoms with Crippen molar-refractivity contribution in [3.8, 4) is 18.1 Å². The van der Waals surface area contributed by atoms with Crippen LogP contribution in [0.3, 0.4) is 0 Å². The summed E-state index contributed by atoms with van der Waals surface area (Å²) in [6, 6.07) is 8.34. The Hall–Kier alpha value is -1.46. The number of ether oxygens (including phenoxy) is 1. The first kappa shape index (κ1) is 12.0. The van der Waals surface area contributed by atoms with Gasteiger partial charge in [-0.3, -0.25) is 0 Å². The van der Waals surface area contributed by atoms with E-state index in [1.807, 2.05) is 6.07 Å². The predicted molar refractivity (Wildman–Crippen MR) is 70.2 cm³/mol. The van der Waals surface area contributed by atoms with Crippen LogP contribution in [0.15, 0.2) is 24.3 Å². The summed E-state index contributed by atoms with van der Waals surface area (Å²) in [4.78, 5) is 0. The number of rotatable bonds is 5. The van der Waals surface area contributed by atoms with Crippen molar-refractivity contribution in [2.75, 3.05) is 19.7 Å². The molecule has 1 aliphatic rings. The van der Waals surface area contributed by atoms with Crippen molar-refractivity contribution >= 4 is 0 Å². The minimum absolute atomic E-state index is 0.575. The number of para-hydroxylation sites is 1. The summed E-state index contributed by atoms with van der Waals surface area (Å²) >= 11 is 0. The van der Waals surface area contributed by atoms with Crippen LogP contribution < -0.4 is 10.1 Å². The minimum Gasteiger partial charge on any atom is -0.493 e. The molecule has 0 bridgehead atoms. The van der Waals surface area contributed by atoms with Crippen LogP contribution in [0.2, 0.25) is 0 Å². The highest BCUT2D eigenvalue weighted by Gasteiger charge is 2.20. The fourth-order valence-corrected chi connectivity index (χ4v) is 2.22. The first-order valence-electron chi connectivity index (χ1n) is 6.27. The van der Waals surface area contributed by atoms with Crippen molar-refractivity contribution in [3.63, 3.8) is 0 Å². The topological polar surface area (TPSA) is 21.3 Å². The van der Waals surface area contributed by atoms with Gasteiger partial charge in [-0.05, 0) is 31.0 Å². The molecule has 0 saturated carbocycles. The van der Waals surface area contributed by atoms with Crippen molar-refractivity contribution in [3.05, 3.63) is 29.8 Å². The Morgan fingerprint density at radius 2 is 2.29 bits per heavy atom. The molecule has 2 rings (SSSR count). The molecule has 90 valence electrons. The maximum absolute atomic E-state index is 5.64. The fraction of sp³-hybridized carbons (Fsp3) is 0.467. The quantitative estimate of drug-likeness (QED) is 0.619. The second-order valence-corrected chi connectivity index (χ2v) is 4.38. The van der Waals surface area contributed by atoms with E-state index < -0.39 is 0 Å². The maximum atomic E-state index is 5.64. The Morgan fingerprint density at radius 1 is 1.41 bits per heavy atom. The van der Waals surface area contributed by atoms with Crippen LogP contribution in [0, 0.1) is 12.3 Å². The van der Waals surface area contributed by atoms with Crippen molar-refractivity contribution in [2.45, 2.75) is 25.2 Å². The van der Waals surface area contributed by atoms with E-state index in [0.29, 0.717) is 5.92 Å². The molecule has 1 aromatic carbocycles. The molecule has 0 amide bonds. The third-order valence-corrected chi connectivity index (χ3v) is 3.15. The largest absolute Gasteiger partial charge is 0.493 e. The molecule has 0 fully saturated rings. The Bertz CT molecular complexity index is 394. The number of unbranched alkanes of at least 4 members (excludes halogenated alkanes) is 1. The Morgan fingerprint density at radius 3 is 3.18 bits per heavy atom. The summed E-state index contributed by atoms with van der Waals surface area (Å²) < 4.78 is 5.64. The third kappa shape index (κ3) is 3.25. The zero-order valence-corrected chi connectivity index (χ0v) is 10.1. The molecule has 0 aromatic heterocycles. The van der Waals surface area contributed by atoms with Crippen LogP contribution in [0.1, 0.15) is 30.7 Å². The van der Waals surface area contributed by atoms with Gasteiger partial charge in [0.1, 0.15) is 5.75 Å². The molecule has 1 heterocycles. The van der Waals surface area contributed by atoms with Gasteiger partial charge in [-0.1, -0.05) is 18.2 Å². The molecule has 1 N–H and O–H groups in total. The van der Waals surface area contributed by atoms with Gasteiger partial charge in [-0.25, -0.2) is 0 Å². The number of nitrogens with one attached hydrogen (secondary N) is 1. The lowest BCUT2D eigenvalue weighted by Crippen LogP contribution is -2.26. The lowest BCUT2D eigenvalue weighted by atomic mass is 9.93. The van der Waals surface area contributed by atoms with Gasteiger partial charge < -0.3 is 10.1 Å². The van der Waals surface area contributed by atoms with Gasteiger partial charge in [0, 0.05) is 18.9 Å². The second-order valence-electron chi connectivity index (χ2n) is 4.38. The highest BCUT2D eigenvalue weighted by atomic mass is 16.5. The minimum atomic E-state index is 0.575. The van der Waals surface area contributed by atoms with Crippen molar-refractivity contribution < 1.29 is 4.74 Å². The van der Waals surface area contributed by atoms with Gasteiger partial charge in [-0.2, -0.15) is 0 Å². The summed E-state index contributed by atoms with van der Waals surface area (Å²) in [6.07, 6.45) is 8.23. The Balaban J connectivity index is 1.84. The van der Waals surface area contributed by atoms with E-state index in [1.165, 1.54) is 5.56 Å². The number of hydrogen-bond donors (Lipinski definition) is 1. The molecule has 2 heteroatoms. The van der Waals surface area contributed by atoms with Crippen LogP contribution in [-0.2, 0) is 0 Å². The average molecular weight is 229 g/mol. The molecule has 17 heavy (non-hydrogen) atoms. The highest BCUT2D eigenvalue weighted by Crippen LogP contribution is 2.32. The van der Waals surface area contributed by atoms with E-state index in [1.54, 1.807) is 0 Å². The van der Waals surface area contributed by atoms with Gasteiger partial charge in [0.25, 0.3) is 0 Å². The second kappa shape index (κ2) is 6.32. The normalized spacial score (nSPS) is 17.9. The van der Waals surface area contributed by atoms with Crippen LogP contribution in [0.5, 0.6) is 5.75 Å². The van der Waals surface area contributed by atoms with E-state index in [9.17, 15) is 0 Å². The van der Waals surface area contributed by atoms with E-state index in [4.69, 9.17) is 11.2 Å². The summed E-state index contributed by atoms with van der Waals surface area (Å²) in [6.45, 7) is 2.85. The van der Waals surface area contributed by atoms with Crippen LogP contribution in [0.4, 0.5) is 0 Å². The lowest BCUT2D eigenvalue weighted by Gasteiger charge is -2.26. The smallest absolute Gasteiger partial charge is 0.122 e. The number of hydrogen-bond acceptors (Lipinski definition) is 2. The molecule has 1 atom stereocenters. The first-order valence-corrected chi connectivity index (χ1v) is 6.27. The summed E-state index contributed by atoms with van der Waals surface area (Å²) in [5.41, 5.74) is 1.34. The van der Waals surface area contributed by atoms with E-state index >= 15 is 0 Å². The van der Waals surface area contributed by atoms with E-state index in [2.05, 4.69) is 29.4 Å². The van der Waals surface area contributed by atoms with Crippen molar-refractivity contribution in [1.82, 2.24) is 5.32 Å². The lowest BCUT2D eigenvalue weighted by molar-refractivity contribution is 0.264. The third-order valence-electron chi connectivity index (χ3n) is 3.15. The molecular formula is C15H19NO. The number of benzene rings is 1. The van der Waals surface area contributed by atoms with Gasteiger partial charge in [0.05, 0.1) is 6.61 Å². The summed E-state index contributed by atoms with van der Waals surface area (Å²) in [7, 11) is 0.